The van der Waals surface area contributed by atoms with Crippen molar-refractivity contribution in [3.63, 3.8) is 0 Å². The van der Waals surface area contributed by atoms with Gasteiger partial charge in [0.25, 0.3) is 0 Å². The Morgan fingerprint density at radius 2 is 1.95 bits per heavy atom. The Kier molecular flexibility index (Phi) is 3.28. The topological polar surface area (TPSA) is 54.6 Å². The lowest BCUT2D eigenvalue weighted by Gasteiger charge is -2.07. The summed E-state index contributed by atoms with van der Waals surface area (Å²) >= 11 is 0. The standard InChI is InChI=1S/C17H14N2O2/c1-12(17(20)21)9-13-5-7-14(8-6-13)16-4-2-3-15-10-18-11-19(15)16/h2-8,10-11H,1,9H2,(H,20,21). The van der Waals surface area contributed by atoms with Crippen molar-refractivity contribution < 1.29 is 9.90 Å². The van der Waals surface area contributed by atoms with Gasteiger partial charge in [0.2, 0.25) is 0 Å². The first-order valence-electron chi connectivity index (χ1n) is 6.56. The lowest BCUT2D eigenvalue weighted by atomic mass is 10.0. The number of nitrogens with zero attached hydrogens (tertiary/aromatic N) is 2. The quantitative estimate of drug-likeness (QED) is 0.746. The molecule has 0 aliphatic carbocycles. The number of hydrogen-bond acceptors (Lipinski definition) is 2. The van der Waals surface area contributed by atoms with Crippen LogP contribution in [-0.2, 0) is 11.2 Å². The van der Waals surface area contributed by atoms with Crippen molar-refractivity contribution in [2.75, 3.05) is 0 Å². The molecule has 3 rings (SSSR count). The second-order valence-corrected chi connectivity index (χ2v) is 4.88. The molecule has 0 atom stereocenters. The summed E-state index contributed by atoms with van der Waals surface area (Å²) in [5.41, 5.74) is 4.27. The molecule has 0 aliphatic heterocycles. The Bertz CT molecular complexity index is 816. The zero-order valence-electron chi connectivity index (χ0n) is 11.4. The zero-order chi connectivity index (χ0) is 14.8. The Balaban J connectivity index is 1.92. The summed E-state index contributed by atoms with van der Waals surface area (Å²) in [7, 11) is 0. The maximum absolute atomic E-state index is 10.8. The molecule has 0 spiro atoms. The molecule has 104 valence electrons. The van der Waals surface area contributed by atoms with Gasteiger partial charge in [-0.15, -0.1) is 0 Å². The van der Waals surface area contributed by atoms with Crippen LogP contribution in [0.1, 0.15) is 5.56 Å². The number of carboxylic acids is 1. The lowest BCUT2D eigenvalue weighted by molar-refractivity contribution is -0.132. The zero-order valence-corrected chi connectivity index (χ0v) is 11.4. The molecule has 3 aromatic rings. The molecule has 0 amide bonds. The highest BCUT2D eigenvalue weighted by Crippen LogP contribution is 2.22. The molecule has 0 fully saturated rings. The third-order valence-electron chi connectivity index (χ3n) is 3.42. The number of carboxylic acid groups (broad SMARTS) is 1. The molecule has 0 aliphatic rings. The van der Waals surface area contributed by atoms with Gasteiger partial charge in [-0.25, -0.2) is 9.78 Å². The van der Waals surface area contributed by atoms with Crippen LogP contribution in [0.5, 0.6) is 0 Å². The van der Waals surface area contributed by atoms with Gasteiger partial charge in [-0.3, -0.25) is 4.40 Å². The molecule has 0 radical (unpaired) electrons. The molecule has 0 bridgehead atoms. The Morgan fingerprint density at radius 3 is 2.67 bits per heavy atom. The van der Waals surface area contributed by atoms with Crippen LogP contribution < -0.4 is 0 Å². The number of carbonyl (C=O) groups is 1. The fourth-order valence-corrected chi connectivity index (χ4v) is 2.30. The van der Waals surface area contributed by atoms with Crippen molar-refractivity contribution in [1.82, 2.24) is 9.38 Å². The third kappa shape index (κ3) is 2.56. The highest BCUT2D eigenvalue weighted by Gasteiger charge is 2.07. The van der Waals surface area contributed by atoms with Crippen molar-refractivity contribution in [2.24, 2.45) is 0 Å². The van der Waals surface area contributed by atoms with Gasteiger partial charge in [0.15, 0.2) is 0 Å². The summed E-state index contributed by atoms with van der Waals surface area (Å²) in [5.74, 6) is -0.956. The van der Waals surface area contributed by atoms with E-state index in [-0.39, 0.29) is 5.57 Å². The number of aromatic nitrogens is 2. The molecule has 4 heteroatoms. The van der Waals surface area contributed by atoms with Gasteiger partial charge in [0.05, 0.1) is 23.7 Å². The molecular formula is C17H14N2O2. The van der Waals surface area contributed by atoms with Crippen LogP contribution in [0, 0.1) is 0 Å². The fraction of sp³-hybridized carbons (Fsp3) is 0.0588. The number of hydrogen-bond donors (Lipinski definition) is 1. The maximum Gasteiger partial charge on any atom is 0.331 e. The van der Waals surface area contributed by atoms with Crippen molar-refractivity contribution in [2.45, 2.75) is 6.42 Å². The number of rotatable bonds is 4. The van der Waals surface area contributed by atoms with Crippen molar-refractivity contribution in [1.29, 1.82) is 0 Å². The molecular weight excluding hydrogens is 264 g/mol. The average Bonchev–Trinajstić information content (AvgIpc) is 2.96. The van der Waals surface area contributed by atoms with Gasteiger partial charge in [0, 0.05) is 12.0 Å². The largest absolute Gasteiger partial charge is 0.478 e. The summed E-state index contributed by atoms with van der Waals surface area (Å²) in [4.78, 5) is 14.9. The molecule has 1 N–H and O–H groups in total. The smallest absolute Gasteiger partial charge is 0.331 e. The molecule has 4 nitrogen and oxygen atoms in total. The lowest BCUT2D eigenvalue weighted by Crippen LogP contribution is -2.02. The number of fused-ring (bicyclic) bond motifs is 1. The van der Waals surface area contributed by atoms with Crippen LogP contribution in [0.4, 0.5) is 0 Å². The highest BCUT2D eigenvalue weighted by atomic mass is 16.4. The molecule has 2 aromatic heterocycles. The maximum atomic E-state index is 10.8. The van der Waals surface area contributed by atoms with E-state index in [1.54, 1.807) is 6.33 Å². The second-order valence-electron chi connectivity index (χ2n) is 4.88. The van der Waals surface area contributed by atoms with E-state index in [1.165, 1.54) is 0 Å². The van der Waals surface area contributed by atoms with E-state index in [2.05, 4.69) is 11.6 Å². The molecule has 0 saturated carbocycles. The van der Waals surface area contributed by atoms with Crippen LogP contribution in [0.25, 0.3) is 16.8 Å². The van der Waals surface area contributed by atoms with Gasteiger partial charge in [-0.05, 0) is 23.3 Å². The summed E-state index contributed by atoms with van der Waals surface area (Å²) < 4.78 is 2.02. The second kappa shape index (κ2) is 5.25. The van der Waals surface area contributed by atoms with Crippen LogP contribution in [0.15, 0.2) is 67.1 Å². The minimum Gasteiger partial charge on any atom is -0.478 e. The minimum atomic E-state index is -0.956. The predicted octanol–water partition coefficient (Wildman–Crippen LogP) is 3.18. The normalized spacial score (nSPS) is 10.7. The molecule has 0 unspecified atom stereocenters. The van der Waals surface area contributed by atoms with Gasteiger partial charge >= 0.3 is 5.97 Å². The minimum absolute atomic E-state index is 0.194. The summed E-state index contributed by atoms with van der Waals surface area (Å²) in [5, 5.41) is 8.86. The molecule has 1 aromatic carbocycles. The molecule has 21 heavy (non-hydrogen) atoms. The first-order valence-corrected chi connectivity index (χ1v) is 6.56. The number of pyridine rings is 1. The third-order valence-corrected chi connectivity index (χ3v) is 3.42. The van der Waals surface area contributed by atoms with E-state index in [4.69, 9.17) is 5.11 Å². The number of benzene rings is 1. The summed E-state index contributed by atoms with van der Waals surface area (Å²) in [6.45, 7) is 3.55. The number of aliphatic carboxylic acids is 1. The van der Waals surface area contributed by atoms with Crippen LogP contribution in [0.3, 0.4) is 0 Å². The molecule has 2 heterocycles. The first kappa shape index (κ1) is 13.1. The van der Waals surface area contributed by atoms with Crippen molar-refractivity contribution in [3.05, 3.63) is 72.7 Å². The Hall–Kier alpha value is -2.88. The van der Waals surface area contributed by atoms with Crippen molar-refractivity contribution >= 4 is 11.5 Å². The van der Waals surface area contributed by atoms with E-state index in [0.717, 1.165) is 22.3 Å². The van der Waals surface area contributed by atoms with Gasteiger partial charge < -0.3 is 5.11 Å². The van der Waals surface area contributed by atoms with E-state index < -0.39 is 5.97 Å². The van der Waals surface area contributed by atoms with E-state index in [0.29, 0.717) is 6.42 Å². The van der Waals surface area contributed by atoms with Gasteiger partial charge in [-0.1, -0.05) is 36.9 Å². The SMILES string of the molecule is C=C(Cc1ccc(-c2cccc3cncn23)cc1)C(=O)O. The van der Waals surface area contributed by atoms with Crippen molar-refractivity contribution in [3.8, 4) is 11.3 Å². The predicted molar refractivity (Wildman–Crippen MR) is 81.1 cm³/mol. The summed E-state index contributed by atoms with van der Waals surface area (Å²) in [6, 6.07) is 13.9. The van der Waals surface area contributed by atoms with Gasteiger partial charge in [-0.2, -0.15) is 0 Å². The van der Waals surface area contributed by atoms with E-state index >= 15 is 0 Å². The van der Waals surface area contributed by atoms with Crippen LogP contribution in [0.2, 0.25) is 0 Å². The monoisotopic (exact) mass is 278 g/mol. The Labute approximate surface area is 122 Å². The van der Waals surface area contributed by atoms with E-state index in [9.17, 15) is 4.79 Å². The van der Waals surface area contributed by atoms with E-state index in [1.807, 2.05) is 53.1 Å². The average molecular weight is 278 g/mol. The van der Waals surface area contributed by atoms with Crippen LogP contribution >= 0.6 is 0 Å². The fourth-order valence-electron chi connectivity index (χ4n) is 2.30. The highest BCUT2D eigenvalue weighted by molar-refractivity contribution is 5.86. The Morgan fingerprint density at radius 1 is 1.19 bits per heavy atom. The van der Waals surface area contributed by atoms with Gasteiger partial charge in [0.1, 0.15) is 0 Å². The first-order chi connectivity index (χ1) is 10.1. The molecule has 0 saturated heterocycles. The number of imidazole rings is 1. The van der Waals surface area contributed by atoms with Crippen LogP contribution in [-0.4, -0.2) is 20.5 Å². The summed E-state index contributed by atoms with van der Waals surface area (Å²) in [6.07, 6.45) is 3.95.